The summed E-state index contributed by atoms with van der Waals surface area (Å²) in [5, 5.41) is 4.86. The molecule has 0 fully saturated rings. The quantitative estimate of drug-likeness (QED) is 0.797. The predicted molar refractivity (Wildman–Crippen MR) is 74.0 cm³/mol. The van der Waals surface area contributed by atoms with Gasteiger partial charge in [0.05, 0.1) is 10.2 Å². The van der Waals surface area contributed by atoms with Crippen LogP contribution in [0.25, 0.3) is 10.2 Å². The van der Waals surface area contributed by atoms with Crippen LogP contribution in [0.4, 0.5) is 5.13 Å². The molecule has 6 heteroatoms. The number of hydrogen-bond donors (Lipinski definition) is 1. The molecule has 4 nitrogen and oxygen atoms in total. The topological polar surface area (TPSA) is 50.7 Å². The normalized spacial score (nSPS) is 10.7. The molecule has 0 unspecified atom stereocenters. The molecule has 0 saturated carbocycles. The highest BCUT2D eigenvalue weighted by Crippen LogP contribution is 2.28. The van der Waals surface area contributed by atoms with E-state index in [1.165, 1.54) is 6.33 Å². The van der Waals surface area contributed by atoms with Crippen molar-refractivity contribution in [2.75, 3.05) is 5.32 Å². The lowest BCUT2D eigenvalue weighted by Gasteiger charge is -2.00. The highest BCUT2D eigenvalue weighted by Gasteiger charge is 2.04. The van der Waals surface area contributed by atoms with E-state index in [0.29, 0.717) is 6.54 Å². The Morgan fingerprint density at radius 2 is 2.06 bits per heavy atom. The molecule has 1 N–H and O–H groups in total. The molecule has 3 aromatic rings. The largest absolute Gasteiger partial charge is 0.357 e. The number of thiazole rings is 1. The Bertz CT molecular complexity index is 668. The second kappa shape index (κ2) is 4.88. The van der Waals surface area contributed by atoms with Crippen LogP contribution in [0, 0.1) is 0 Å². The van der Waals surface area contributed by atoms with Gasteiger partial charge in [-0.1, -0.05) is 22.9 Å². The Kier molecular flexibility index (Phi) is 3.08. The molecule has 0 aliphatic carbocycles. The lowest BCUT2D eigenvalue weighted by atomic mass is 10.3. The van der Waals surface area contributed by atoms with Gasteiger partial charge in [-0.15, -0.1) is 0 Å². The van der Waals surface area contributed by atoms with Crippen LogP contribution in [-0.2, 0) is 6.54 Å². The monoisotopic (exact) mass is 276 g/mol. The summed E-state index contributed by atoms with van der Waals surface area (Å²) in [6, 6.07) is 5.69. The van der Waals surface area contributed by atoms with E-state index in [9.17, 15) is 0 Å². The van der Waals surface area contributed by atoms with Crippen LogP contribution < -0.4 is 5.32 Å². The van der Waals surface area contributed by atoms with Crippen LogP contribution in [0.3, 0.4) is 0 Å². The first kappa shape index (κ1) is 11.4. The third kappa shape index (κ3) is 2.42. The number of fused-ring (bicyclic) bond motifs is 1. The van der Waals surface area contributed by atoms with Gasteiger partial charge < -0.3 is 5.32 Å². The number of aromatic nitrogens is 3. The molecule has 3 rings (SSSR count). The fourth-order valence-electron chi connectivity index (χ4n) is 1.57. The molecular weight excluding hydrogens is 268 g/mol. The van der Waals surface area contributed by atoms with Crippen molar-refractivity contribution >= 4 is 38.3 Å². The SMILES string of the molecule is Clc1ccc2nc(NCc3cncnc3)sc2c1. The van der Waals surface area contributed by atoms with Gasteiger partial charge in [0.2, 0.25) is 0 Å². The van der Waals surface area contributed by atoms with Gasteiger partial charge in [0.25, 0.3) is 0 Å². The van der Waals surface area contributed by atoms with Gasteiger partial charge in [-0.25, -0.2) is 15.0 Å². The van der Waals surface area contributed by atoms with Gasteiger partial charge in [-0.3, -0.25) is 0 Å². The summed E-state index contributed by atoms with van der Waals surface area (Å²) >= 11 is 7.53. The third-order valence-corrected chi connectivity index (χ3v) is 3.62. The van der Waals surface area contributed by atoms with Crippen LogP contribution in [-0.4, -0.2) is 15.0 Å². The molecule has 18 heavy (non-hydrogen) atoms. The maximum Gasteiger partial charge on any atom is 0.184 e. The van der Waals surface area contributed by atoms with Crippen molar-refractivity contribution in [2.24, 2.45) is 0 Å². The highest BCUT2D eigenvalue weighted by molar-refractivity contribution is 7.22. The van der Waals surface area contributed by atoms with E-state index in [2.05, 4.69) is 20.3 Å². The zero-order valence-corrected chi connectivity index (χ0v) is 10.9. The molecule has 0 spiro atoms. The Labute approximate surface area is 113 Å². The molecule has 0 aliphatic heterocycles. The second-order valence-corrected chi connectivity index (χ2v) is 5.20. The maximum atomic E-state index is 5.94. The van der Waals surface area contributed by atoms with Gasteiger partial charge in [0.15, 0.2) is 5.13 Å². The summed E-state index contributed by atoms with van der Waals surface area (Å²) in [7, 11) is 0. The van der Waals surface area contributed by atoms with Crippen molar-refractivity contribution in [3.8, 4) is 0 Å². The zero-order chi connectivity index (χ0) is 12.4. The van der Waals surface area contributed by atoms with E-state index in [1.54, 1.807) is 23.7 Å². The minimum atomic E-state index is 0.661. The van der Waals surface area contributed by atoms with E-state index in [4.69, 9.17) is 11.6 Å². The predicted octanol–water partition coefficient (Wildman–Crippen LogP) is 3.35. The summed E-state index contributed by atoms with van der Waals surface area (Å²) in [4.78, 5) is 12.4. The number of nitrogens with zero attached hydrogens (tertiary/aromatic N) is 3. The van der Waals surface area contributed by atoms with Gasteiger partial charge >= 0.3 is 0 Å². The summed E-state index contributed by atoms with van der Waals surface area (Å²) in [6.45, 7) is 0.661. The number of anilines is 1. The summed E-state index contributed by atoms with van der Waals surface area (Å²) in [5.41, 5.74) is 1.98. The van der Waals surface area contributed by atoms with Crippen molar-refractivity contribution in [3.63, 3.8) is 0 Å². The summed E-state index contributed by atoms with van der Waals surface area (Å²) in [6.07, 6.45) is 5.08. The minimum Gasteiger partial charge on any atom is -0.357 e. The van der Waals surface area contributed by atoms with E-state index in [0.717, 1.165) is 25.9 Å². The lowest BCUT2D eigenvalue weighted by Crippen LogP contribution is -1.99. The van der Waals surface area contributed by atoms with Crippen molar-refractivity contribution in [1.82, 2.24) is 15.0 Å². The molecular formula is C12H9ClN4S. The minimum absolute atomic E-state index is 0.661. The van der Waals surface area contributed by atoms with Crippen LogP contribution in [0.5, 0.6) is 0 Å². The van der Waals surface area contributed by atoms with Crippen LogP contribution in [0.1, 0.15) is 5.56 Å². The Morgan fingerprint density at radius 3 is 2.89 bits per heavy atom. The van der Waals surface area contributed by atoms with E-state index >= 15 is 0 Å². The van der Waals surface area contributed by atoms with Crippen molar-refractivity contribution < 1.29 is 0 Å². The van der Waals surface area contributed by atoms with Gasteiger partial charge in [0, 0.05) is 29.5 Å². The first-order valence-electron chi connectivity index (χ1n) is 5.35. The molecule has 90 valence electrons. The number of hydrogen-bond acceptors (Lipinski definition) is 5. The van der Waals surface area contributed by atoms with Gasteiger partial charge in [0.1, 0.15) is 6.33 Å². The molecule has 0 atom stereocenters. The molecule has 0 saturated heterocycles. The first-order valence-corrected chi connectivity index (χ1v) is 6.54. The average Bonchev–Trinajstić information content (AvgIpc) is 2.79. The van der Waals surface area contributed by atoms with Gasteiger partial charge in [-0.2, -0.15) is 0 Å². The van der Waals surface area contributed by atoms with Crippen molar-refractivity contribution in [3.05, 3.63) is 47.5 Å². The number of rotatable bonds is 3. The molecule has 0 radical (unpaired) electrons. The first-order chi connectivity index (χ1) is 8.81. The molecule has 0 amide bonds. The average molecular weight is 277 g/mol. The number of nitrogens with one attached hydrogen (secondary N) is 1. The Morgan fingerprint density at radius 1 is 1.22 bits per heavy atom. The smallest absolute Gasteiger partial charge is 0.184 e. The standard InChI is InChI=1S/C12H9ClN4S/c13-9-1-2-10-11(3-9)18-12(17-10)16-6-8-4-14-7-15-5-8/h1-5,7H,6H2,(H,16,17). The zero-order valence-electron chi connectivity index (χ0n) is 9.30. The van der Waals surface area contributed by atoms with Crippen molar-refractivity contribution in [2.45, 2.75) is 6.54 Å². The van der Waals surface area contributed by atoms with E-state index in [1.807, 2.05) is 18.2 Å². The molecule has 2 aromatic heterocycles. The maximum absolute atomic E-state index is 5.94. The summed E-state index contributed by atoms with van der Waals surface area (Å²) in [5.74, 6) is 0. The van der Waals surface area contributed by atoms with E-state index < -0.39 is 0 Å². The van der Waals surface area contributed by atoms with Crippen molar-refractivity contribution in [1.29, 1.82) is 0 Å². The summed E-state index contributed by atoms with van der Waals surface area (Å²) < 4.78 is 1.08. The molecule has 2 heterocycles. The molecule has 0 bridgehead atoms. The number of halogens is 1. The van der Waals surface area contributed by atoms with Crippen LogP contribution in [0.15, 0.2) is 36.9 Å². The molecule has 0 aliphatic rings. The van der Waals surface area contributed by atoms with Gasteiger partial charge in [-0.05, 0) is 18.2 Å². The second-order valence-electron chi connectivity index (χ2n) is 3.73. The molecule has 1 aromatic carbocycles. The fraction of sp³-hybridized carbons (Fsp3) is 0.0833. The van der Waals surface area contributed by atoms with E-state index in [-0.39, 0.29) is 0 Å². The Balaban J connectivity index is 1.79. The highest BCUT2D eigenvalue weighted by atomic mass is 35.5. The lowest BCUT2D eigenvalue weighted by molar-refractivity contribution is 1.05. The van der Waals surface area contributed by atoms with Crippen LogP contribution in [0.2, 0.25) is 5.02 Å². The number of benzene rings is 1. The van der Waals surface area contributed by atoms with Crippen LogP contribution >= 0.6 is 22.9 Å². The third-order valence-electron chi connectivity index (χ3n) is 2.41. The fourth-order valence-corrected chi connectivity index (χ4v) is 2.71. The Hall–Kier alpha value is -1.72.